The van der Waals surface area contributed by atoms with Crippen LogP contribution >= 0.6 is 0 Å². The molecule has 0 spiro atoms. The summed E-state index contributed by atoms with van der Waals surface area (Å²) in [6, 6.07) is 17.2. The van der Waals surface area contributed by atoms with Crippen LogP contribution in [0.1, 0.15) is 15.9 Å². The van der Waals surface area contributed by atoms with E-state index in [1.54, 1.807) is 24.3 Å². The molecule has 3 amide bonds. The second-order valence-corrected chi connectivity index (χ2v) is 8.33. The molecule has 0 saturated heterocycles. The number of amides is 3. The van der Waals surface area contributed by atoms with Crippen molar-refractivity contribution in [3.05, 3.63) is 83.9 Å². The number of urea groups is 1. The lowest BCUT2D eigenvalue weighted by Crippen LogP contribution is -2.20. The Morgan fingerprint density at radius 1 is 0.750 bits per heavy atom. The minimum atomic E-state index is -3.88. The number of anilines is 3. The summed E-state index contributed by atoms with van der Waals surface area (Å²) in [5, 5.41) is 12.6. The van der Waals surface area contributed by atoms with Gasteiger partial charge in [-0.25, -0.2) is 13.2 Å². The average molecular weight is 452 g/mol. The van der Waals surface area contributed by atoms with Crippen molar-refractivity contribution in [1.29, 1.82) is 5.41 Å². The fourth-order valence-corrected chi connectivity index (χ4v) is 3.75. The first kappa shape index (κ1) is 22.3. The number of amidine groups is 1. The summed E-state index contributed by atoms with van der Waals surface area (Å²) < 4.78 is 27.5. The van der Waals surface area contributed by atoms with Gasteiger partial charge in [-0.15, -0.1) is 0 Å². The molecule has 164 valence electrons. The number of benzene rings is 3. The second-order valence-electron chi connectivity index (χ2n) is 6.65. The van der Waals surface area contributed by atoms with Crippen LogP contribution < -0.4 is 26.8 Å². The molecule has 3 rings (SSSR count). The van der Waals surface area contributed by atoms with Crippen molar-refractivity contribution < 1.29 is 18.0 Å². The average Bonchev–Trinajstić information content (AvgIpc) is 2.74. The maximum Gasteiger partial charge on any atom is 0.323 e. The van der Waals surface area contributed by atoms with E-state index in [1.165, 1.54) is 48.5 Å². The maximum absolute atomic E-state index is 12.6. The van der Waals surface area contributed by atoms with Gasteiger partial charge in [0.1, 0.15) is 5.84 Å². The Balaban J connectivity index is 1.64. The molecule has 3 aromatic carbocycles. The number of carbonyl (C=O) groups excluding carboxylic acids is 2. The number of nitrogens with two attached hydrogens (primary N) is 2. The number of hydrogen-bond acceptors (Lipinski definition) is 5. The zero-order valence-electron chi connectivity index (χ0n) is 16.6. The highest BCUT2D eigenvalue weighted by atomic mass is 32.2. The Labute approximate surface area is 184 Å². The van der Waals surface area contributed by atoms with E-state index in [-0.39, 0.29) is 22.0 Å². The van der Waals surface area contributed by atoms with Gasteiger partial charge in [-0.05, 0) is 60.7 Å². The third kappa shape index (κ3) is 5.61. The minimum absolute atomic E-state index is 0.0170. The first-order chi connectivity index (χ1) is 15.1. The van der Waals surface area contributed by atoms with Gasteiger partial charge in [-0.2, -0.15) is 0 Å². The van der Waals surface area contributed by atoms with E-state index < -0.39 is 22.0 Å². The molecule has 11 heteroatoms. The fourth-order valence-electron chi connectivity index (χ4n) is 2.69. The molecule has 0 atom stereocenters. The Bertz CT molecular complexity index is 1270. The molecule has 0 radical (unpaired) electrons. The topological polar surface area (TPSA) is 180 Å². The number of hydrogen-bond donors (Lipinski definition) is 6. The zero-order valence-corrected chi connectivity index (χ0v) is 17.4. The van der Waals surface area contributed by atoms with Crippen molar-refractivity contribution in [1.82, 2.24) is 0 Å². The Hall–Kier alpha value is -4.38. The van der Waals surface area contributed by atoms with Crippen LogP contribution in [-0.4, -0.2) is 26.2 Å². The maximum atomic E-state index is 12.6. The molecular weight excluding hydrogens is 432 g/mol. The van der Waals surface area contributed by atoms with Crippen LogP contribution in [0.4, 0.5) is 21.9 Å². The van der Waals surface area contributed by atoms with Gasteiger partial charge in [-0.3, -0.25) is 14.9 Å². The van der Waals surface area contributed by atoms with Gasteiger partial charge in [0.15, 0.2) is 0 Å². The molecule has 32 heavy (non-hydrogen) atoms. The van der Waals surface area contributed by atoms with Crippen molar-refractivity contribution in [2.75, 3.05) is 15.4 Å². The van der Waals surface area contributed by atoms with Gasteiger partial charge in [-0.1, -0.05) is 12.1 Å². The normalized spacial score (nSPS) is 10.8. The smallest absolute Gasteiger partial charge is 0.323 e. The van der Waals surface area contributed by atoms with E-state index in [0.29, 0.717) is 16.9 Å². The number of sulfonamides is 1. The van der Waals surface area contributed by atoms with E-state index in [2.05, 4.69) is 15.4 Å². The number of primary amides is 1. The highest BCUT2D eigenvalue weighted by Crippen LogP contribution is 2.19. The first-order valence-electron chi connectivity index (χ1n) is 9.19. The summed E-state index contributed by atoms with van der Waals surface area (Å²) in [6.07, 6.45) is 0. The van der Waals surface area contributed by atoms with Crippen LogP contribution in [0.25, 0.3) is 0 Å². The van der Waals surface area contributed by atoms with E-state index in [0.717, 1.165) is 0 Å². The first-order valence-corrected chi connectivity index (χ1v) is 10.7. The molecule has 0 fully saturated rings. The van der Waals surface area contributed by atoms with Crippen molar-refractivity contribution in [2.24, 2.45) is 11.5 Å². The quantitative estimate of drug-likeness (QED) is 0.237. The molecule has 10 nitrogen and oxygen atoms in total. The van der Waals surface area contributed by atoms with Crippen LogP contribution in [0.2, 0.25) is 0 Å². The summed E-state index contributed by atoms with van der Waals surface area (Å²) in [7, 11) is -3.88. The number of rotatable bonds is 7. The monoisotopic (exact) mass is 452 g/mol. The third-order valence-corrected chi connectivity index (χ3v) is 5.67. The van der Waals surface area contributed by atoms with Gasteiger partial charge in [0.25, 0.3) is 10.0 Å². The predicted octanol–water partition coefficient (Wildman–Crippen LogP) is 2.51. The molecule has 0 saturated carbocycles. The van der Waals surface area contributed by atoms with Gasteiger partial charge < -0.3 is 22.1 Å². The molecular formula is C21H20N6O4S. The molecule has 3 aromatic rings. The molecule has 0 heterocycles. The Morgan fingerprint density at radius 3 is 1.94 bits per heavy atom. The van der Waals surface area contributed by atoms with E-state index in [4.69, 9.17) is 16.9 Å². The van der Waals surface area contributed by atoms with Crippen LogP contribution in [0.5, 0.6) is 0 Å². The highest BCUT2D eigenvalue weighted by Gasteiger charge is 2.15. The van der Waals surface area contributed by atoms with Gasteiger partial charge in [0, 0.05) is 28.2 Å². The Morgan fingerprint density at radius 2 is 1.34 bits per heavy atom. The van der Waals surface area contributed by atoms with Crippen molar-refractivity contribution in [3.8, 4) is 0 Å². The summed E-state index contributed by atoms with van der Waals surface area (Å²) in [4.78, 5) is 23.3. The molecule has 0 aliphatic carbocycles. The fraction of sp³-hybridized carbons (Fsp3) is 0. The number of nitrogens with one attached hydrogen (secondary N) is 4. The summed E-state index contributed by atoms with van der Waals surface area (Å²) in [6.45, 7) is 0. The molecule has 0 aliphatic rings. The standard InChI is InChI=1S/C21H20N6O4S/c22-19(23)14-2-1-3-17(12-14)26-21(29)25-15-8-10-18(11-9-15)32(30,31)27-16-6-4-13(5-7-16)20(24)28/h1-12,27H,(H3,22,23)(H2,24,28)(H2,25,26,29). The summed E-state index contributed by atoms with van der Waals surface area (Å²) in [5.74, 6) is -0.735. The van der Waals surface area contributed by atoms with Crippen LogP contribution in [0.3, 0.4) is 0 Å². The second kappa shape index (κ2) is 9.18. The lowest BCUT2D eigenvalue weighted by atomic mass is 10.2. The van der Waals surface area contributed by atoms with Crippen LogP contribution in [0, 0.1) is 5.41 Å². The third-order valence-electron chi connectivity index (χ3n) is 4.28. The largest absolute Gasteiger partial charge is 0.384 e. The van der Waals surface area contributed by atoms with E-state index in [9.17, 15) is 18.0 Å². The molecule has 0 unspecified atom stereocenters. The lowest BCUT2D eigenvalue weighted by molar-refractivity contribution is 0.1000. The zero-order chi connectivity index (χ0) is 23.3. The van der Waals surface area contributed by atoms with Crippen molar-refractivity contribution in [2.45, 2.75) is 4.90 Å². The highest BCUT2D eigenvalue weighted by molar-refractivity contribution is 7.92. The number of nitrogen functional groups attached to an aromatic ring is 1. The number of carbonyl (C=O) groups is 2. The summed E-state index contributed by atoms with van der Waals surface area (Å²) in [5.41, 5.74) is 12.4. The molecule has 0 aliphatic heterocycles. The SMILES string of the molecule is N=C(N)c1cccc(NC(=O)Nc2ccc(S(=O)(=O)Nc3ccc(C(N)=O)cc3)cc2)c1. The van der Waals surface area contributed by atoms with Crippen LogP contribution in [0.15, 0.2) is 77.7 Å². The summed E-state index contributed by atoms with van der Waals surface area (Å²) >= 11 is 0. The van der Waals surface area contributed by atoms with Crippen LogP contribution in [-0.2, 0) is 10.0 Å². The Kier molecular flexibility index (Phi) is 6.40. The van der Waals surface area contributed by atoms with E-state index >= 15 is 0 Å². The van der Waals surface area contributed by atoms with E-state index in [1.807, 2.05) is 0 Å². The van der Waals surface area contributed by atoms with Gasteiger partial charge >= 0.3 is 6.03 Å². The van der Waals surface area contributed by atoms with Gasteiger partial charge in [0.2, 0.25) is 5.91 Å². The van der Waals surface area contributed by atoms with Crippen molar-refractivity contribution in [3.63, 3.8) is 0 Å². The van der Waals surface area contributed by atoms with Gasteiger partial charge in [0.05, 0.1) is 4.90 Å². The lowest BCUT2D eigenvalue weighted by Gasteiger charge is -2.11. The van der Waals surface area contributed by atoms with Crippen molar-refractivity contribution >= 4 is 44.9 Å². The minimum Gasteiger partial charge on any atom is -0.384 e. The predicted molar refractivity (Wildman–Crippen MR) is 122 cm³/mol. The molecule has 8 N–H and O–H groups in total. The molecule has 0 bridgehead atoms. The molecule has 0 aromatic heterocycles.